The van der Waals surface area contributed by atoms with Crippen molar-refractivity contribution >= 4 is 28.4 Å². The maximum atomic E-state index is 11.2. The van der Waals surface area contributed by atoms with Gasteiger partial charge in [-0.1, -0.05) is 54.6 Å². The molecule has 3 aromatic carbocycles. The van der Waals surface area contributed by atoms with Crippen molar-refractivity contribution in [3.8, 4) is 0 Å². The molecule has 4 rings (SSSR count). The summed E-state index contributed by atoms with van der Waals surface area (Å²) in [6.07, 6.45) is 0. The molecule has 0 unspecified atom stereocenters. The zero-order valence-electron chi connectivity index (χ0n) is 18.0. The van der Waals surface area contributed by atoms with Gasteiger partial charge < -0.3 is 10.2 Å². The lowest BCUT2D eigenvalue weighted by Gasteiger charge is -2.34. The maximum absolute atomic E-state index is 11.2. The van der Waals surface area contributed by atoms with Crippen molar-refractivity contribution in [3.05, 3.63) is 88.0 Å². The first-order valence-corrected chi connectivity index (χ1v) is 10.4. The van der Waals surface area contributed by atoms with E-state index in [1.54, 1.807) is 12.1 Å². The van der Waals surface area contributed by atoms with E-state index in [1.807, 2.05) is 12.1 Å². The van der Waals surface area contributed by atoms with Crippen molar-refractivity contribution in [3.63, 3.8) is 0 Å². The summed E-state index contributed by atoms with van der Waals surface area (Å²) in [6.45, 7) is 5.41. The average molecular weight is 451 g/mol. The molecule has 0 aliphatic carbocycles. The van der Waals surface area contributed by atoms with Crippen LogP contribution in [0.2, 0.25) is 0 Å². The molecule has 2 N–H and O–H groups in total. The van der Waals surface area contributed by atoms with Gasteiger partial charge in [-0.2, -0.15) is 0 Å². The SMILES string of the molecule is O=C(O)C(=O)O.O=[N+]([O-])c1ccccc1CN1CCN(Cc2ccc3ccccc3c2)CC1. The highest BCUT2D eigenvalue weighted by Crippen LogP contribution is 2.21. The molecule has 33 heavy (non-hydrogen) atoms. The molecular weight excluding hydrogens is 426 g/mol. The van der Waals surface area contributed by atoms with Gasteiger partial charge in [0.1, 0.15) is 0 Å². The second-order valence-corrected chi connectivity index (χ2v) is 7.73. The number of aliphatic carboxylic acids is 2. The number of fused-ring (bicyclic) bond motifs is 1. The van der Waals surface area contributed by atoms with Crippen LogP contribution >= 0.6 is 0 Å². The molecular formula is C24H25N3O6. The second kappa shape index (κ2) is 11.2. The number of carboxylic acid groups (broad SMARTS) is 2. The summed E-state index contributed by atoms with van der Waals surface area (Å²) in [5.41, 5.74) is 2.35. The molecule has 0 bridgehead atoms. The van der Waals surface area contributed by atoms with Crippen molar-refractivity contribution in [2.75, 3.05) is 26.2 Å². The van der Waals surface area contributed by atoms with Gasteiger partial charge in [0, 0.05) is 50.9 Å². The number of carbonyl (C=O) groups is 2. The van der Waals surface area contributed by atoms with Crippen LogP contribution in [0.25, 0.3) is 10.8 Å². The highest BCUT2D eigenvalue weighted by atomic mass is 16.6. The summed E-state index contributed by atoms with van der Waals surface area (Å²) in [5.74, 6) is -3.65. The molecule has 1 aliphatic rings. The van der Waals surface area contributed by atoms with Crippen LogP contribution in [0.5, 0.6) is 0 Å². The van der Waals surface area contributed by atoms with Crippen LogP contribution in [-0.2, 0) is 22.7 Å². The van der Waals surface area contributed by atoms with E-state index in [-0.39, 0.29) is 10.6 Å². The molecule has 1 fully saturated rings. The summed E-state index contributed by atoms with van der Waals surface area (Å²) in [5, 5.41) is 28.5. The van der Waals surface area contributed by atoms with Gasteiger partial charge in [0.05, 0.1) is 4.92 Å². The van der Waals surface area contributed by atoms with Crippen molar-refractivity contribution < 1.29 is 24.7 Å². The summed E-state index contributed by atoms with van der Waals surface area (Å²) < 4.78 is 0. The van der Waals surface area contributed by atoms with Crippen LogP contribution in [0.3, 0.4) is 0 Å². The number of hydrogen-bond acceptors (Lipinski definition) is 6. The third kappa shape index (κ3) is 6.83. The van der Waals surface area contributed by atoms with Crippen LogP contribution in [0, 0.1) is 10.1 Å². The number of nitrogens with zero attached hydrogens (tertiary/aromatic N) is 3. The maximum Gasteiger partial charge on any atom is 0.414 e. The Morgan fingerprint density at radius 2 is 1.33 bits per heavy atom. The summed E-state index contributed by atoms with van der Waals surface area (Å²) in [6, 6.07) is 22.2. The molecule has 1 saturated heterocycles. The van der Waals surface area contributed by atoms with Crippen LogP contribution < -0.4 is 0 Å². The van der Waals surface area contributed by atoms with Gasteiger partial charge in [-0.3, -0.25) is 19.9 Å². The van der Waals surface area contributed by atoms with Crippen LogP contribution in [-0.4, -0.2) is 63.1 Å². The van der Waals surface area contributed by atoms with E-state index in [1.165, 1.54) is 16.3 Å². The minimum Gasteiger partial charge on any atom is -0.473 e. The van der Waals surface area contributed by atoms with Crippen LogP contribution in [0.1, 0.15) is 11.1 Å². The van der Waals surface area contributed by atoms with Crippen LogP contribution in [0.4, 0.5) is 5.69 Å². The van der Waals surface area contributed by atoms with Crippen molar-refractivity contribution in [2.45, 2.75) is 13.1 Å². The number of carboxylic acids is 2. The van der Waals surface area contributed by atoms with E-state index < -0.39 is 11.9 Å². The Bertz CT molecular complexity index is 1130. The van der Waals surface area contributed by atoms with E-state index in [9.17, 15) is 10.1 Å². The Morgan fingerprint density at radius 3 is 1.94 bits per heavy atom. The molecule has 0 radical (unpaired) electrons. The predicted octanol–water partition coefficient (Wildman–Crippen LogP) is 3.22. The molecule has 0 atom stereocenters. The molecule has 9 nitrogen and oxygen atoms in total. The Balaban J connectivity index is 0.000000454. The van der Waals surface area contributed by atoms with Crippen molar-refractivity contribution in [1.82, 2.24) is 9.80 Å². The first kappa shape index (κ1) is 23.8. The molecule has 1 aliphatic heterocycles. The number of nitro benzene ring substituents is 1. The normalized spacial score (nSPS) is 14.3. The molecule has 3 aromatic rings. The average Bonchev–Trinajstić information content (AvgIpc) is 2.81. The topological polar surface area (TPSA) is 124 Å². The molecule has 172 valence electrons. The van der Waals surface area contributed by atoms with Crippen molar-refractivity contribution in [2.24, 2.45) is 0 Å². The van der Waals surface area contributed by atoms with Gasteiger partial charge in [-0.05, 0) is 22.4 Å². The Labute approximate surface area is 190 Å². The van der Waals surface area contributed by atoms with E-state index in [4.69, 9.17) is 19.8 Å². The Hall–Kier alpha value is -3.82. The first-order valence-electron chi connectivity index (χ1n) is 10.4. The fourth-order valence-electron chi connectivity index (χ4n) is 3.76. The number of rotatable bonds is 5. The summed E-state index contributed by atoms with van der Waals surface area (Å²) in [4.78, 5) is 33.9. The number of hydrogen-bond donors (Lipinski definition) is 2. The predicted molar refractivity (Wildman–Crippen MR) is 123 cm³/mol. The highest BCUT2D eigenvalue weighted by Gasteiger charge is 2.20. The Morgan fingerprint density at radius 1 is 0.788 bits per heavy atom. The van der Waals surface area contributed by atoms with Gasteiger partial charge in [-0.25, -0.2) is 9.59 Å². The fraction of sp³-hybridized carbons (Fsp3) is 0.250. The van der Waals surface area contributed by atoms with Gasteiger partial charge >= 0.3 is 11.9 Å². The minimum absolute atomic E-state index is 0.219. The standard InChI is InChI=1S/C22H23N3O2.C2H2O4/c26-25(27)22-8-4-3-7-21(22)17-24-13-11-23(12-14-24)16-18-9-10-19-5-1-2-6-20(19)15-18;3-1(4)2(5)6/h1-10,15H,11-14,16-17H2;(H,3,4)(H,5,6). The van der Waals surface area contributed by atoms with Gasteiger partial charge in [0.2, 0.25) is 0 Å². The number of benzene rings is 3. The number of nitro groups is 1. The van der Waals surface area contributed by atoms with Gasteiger partial charge in [0.15, 0.2) is 0 Å². The minimum atomic E-state index is -1.82. The van der Waals surface area contributed by atoms with E-state index in [0.717, 1.165) is 38.3 Å². The lowest BCUT2D eigenvalue weighted by atomic mass is 10.1. The molecule has 0 amide bonds. The monoisotopic (exact) mass is 451 g/mol. The van der Waals surface area contributed by atoms with Gasteiger partial charge in [-0.15, -0.1) is 0 Å². The van der Waals surface area contributed by atoms with E-state index in [0.29, 0.717) is 6.54 Å². The van der Waals surface area contributed by atoms with Gasteiger partial charge in [0.25, 0.3) is 5.69 Å². The highest BCUT2D eigenvalue weighted by molar-refractivity contribution is 6.27. The quantitative estimate of drug-likeness (QED) is 0.344. The summed E-state index contributed by atoms with van der Waals surface area (Å²) in [7, 11) is 0. The smallest absolute Gasteiger partial charge is 0.414 e. The first-order chi connectivity index (χ1) is 15.8. The zero-order chi connectivity index (χ0) is 23.8. The molecule has 9 heteroatoms. The lowest BCUT2D eigenvalue weighted by Crippen LogP contribution is -2.45. The largest absolute Gasteiger partial charge is 0.473 e. The van der Waals surface area contributed by atoms with Crippen molar-refractivity contribution in [1.29, 1.82) is 0 Å². The number of para-hydroxylation sites is 1. The molecule has 0 spiro atoms. The molecule has 0 saturated carbocycles. The molecule has 0 aromatic heterocycles. The van der Waals surface area contributed by atoms with Crippen LogP contribution in [0.15, 0.2) is 66.7 Å². The third-order valence-electron chi connectivity index (χ3n) is 5.45. The zero-order valence-corrected chi connectivity index (χ0v) is 18.0. The third-order valence-corrected chi connectivity index (χ3v) is 5.45. The van der Waals surface area contributed by atoms with E-state index in [2.05, 4.69) is 52.3 Å². The molecule has 1 heterocycles. The number of piperazine rings is 1. The lowest BCUT2D eigenvalue weighted by molar-refractivity contribution is -0.385. The Kier molecular flexibility index (Phi) is 8.06. The fourth-order valence-corrected chi connectivity index (χ4v) is 3.76. The second-order valence-electron chi connectivity index (χ2n) is 7.73. The van der Waals surface area contributed by atoms with E-state index >= 15 is 0 Å². The summed E-state index contributed by atoms with van der Waals surface area (Å²) >= 11 is 0.